The van der Waals surface area contributed by atoms with Crippen molar-refractivity contribution >= 4 is 22.7 Å². The molecule has 0 amide bonds. The minimum Gasteiger partial charge on any atom is -0.309 e. The lowest BCUT2D eigenvalue weighted by Gasteiger charge is -2.22. The van der Waals surface area contributed by atoms with E-state index in [0.29, 0.717) is 6.04 Å². The van der Waals surface area contributed by atoms with Gasteiger partial charge in [0.1, 0.15) is 0 Å². The number of aryl methyl sites for hydroxylation is 2. The molecule has 20 heavy (non-hydrogen) atoms. The molecule has 2 heterocycles. The minimum atomic E-state index is 0.531. The summed E-state index contributed by atoms with van der Waals surface area (Å²) in [5.41, 5.74) is 2.45. The lowest BCUT2D eigenvalue weighted by atomic mass is 9.98. The van der Waals surface area contributed by atoms with Crippen LogP contribution in [0.4, 0.5) is 0 Å². The molecule has 0 bridgehead atoms. The third-order valence-electron chi connectivity index (χ3n) is 3.60. The zero-order valence-corrected chi connectivity index (χ0v) is 13.7. The summed E-state index contributed by atoms with van der Waals surface area (Å²) in [7, 11) is 0. The summed E-state index contributed by atoms with van der Waals surface area (Å²) in [4.78, 5) is 10.9. The van der Waals surface area contributed by atoms with Crippen molar-refractivity contribution < 1.29 is 0 Å². The smallest absolute Gasteiger partial charge is 0.0999 e. The standard InChI is InChI=1S/C15H21N3S2/c1-3-7-16-11-5-4-6-12-15(11)20-14(18-12)8-13-17-10(2)9-19-13/h9,11,16H,3-8H2,1-2H3. The van der Waals surface area contributed by atoms with Crippen LogP contribution in [-0.2, 0) is 12.8 Å². The molecular weight excluding hydrogens is 286 g/mol. The molecule has 3 rings (SSSR count). The van der Waals surface area contributed by atoms with Crippen molar-refractivity contribution in [2.24, 2.45) is 0 Å². The summed E-state index contributed by atoms with van der Waals surface area (Å²) < 4.78 is 0. The highest BCUT2D eigenvalue weighted by Crippen LogP contribution is 2.35. The first-order valence-corrected chi connectivity index (χ1v) is 9.08. The summed E-state index contributed by atoms with van der Waals surface area (Å²) in [5, 5.41) is 8.20. The summed E-state index contributed by atoms with van der Waals surface area (Å²) in [6.45, 7) is 5.38. The van der Waals surface area contributed by atoms with Crippen LogP contribution in [0.2, 0.25) is 0 Å². The highest BCUT2D eigenvalue weighted by molar-refractivity contribution is 7.12. The number of hydrogen-bond acceptors (Lipinski definition) is 5. The van der Waals surface area contributed by atoms with Gasteiger partial charge in [-0.15, -0.1) is 22.7 Å². The Kier molecular flexibility index (Phi) is 4.48. The van der Waals surface area contributed by atoms with E-state index in [1.54, 1.807) is 11.3 Å². The van der Waals surface area contributed by atoms with E-state index in [1.165, 1.54) is 39.8 Å². The summed E-state index contributed by atoms with van der Waals surface area (Å²) >= 11 is 3.64. The van der Waals surface area contributed by atoms with Crippen molar-refractivity contribution in [2.45, 2.75) is 52.0 Å². The second-order valence-corrected chi connectivity index (χ2v) is 7.43. The van der Waals surface area contributed by atoms with Gasteiger partial charge in [0.15, 0.2) is 0 Å². The third kappa shape index (κ3) is 3.10. The minimum absolute atomic E-state index is 0.531. The van der Waals surface area contributed by atoms with Gasteiger partial charge in [0, 0.05) is 22.0 Å². The number of rotatable bonds is 5. The fourth-order valence-electron chi connectivity index (χ4n) is 2.67. The first-order valence-electron chi connectivity index (χ1n) is 7.39. The Hall–Kier alpha value is -0.780. The van der Waals surface area contributed by atoms with Gasteiger partial charge in [-0.3, -0.25) is 0 Å². The molecule has 0 saturated carbocycles. The molecule has 1 N–H and O–H groups in total. The van der Waals surface area contributed by atoms with Gasteiger partial charge in [-0.05, 0) is 39.2 Å². The lowest BCUT2D eigenvalue weighted by molar-refractivity contribution is 0.464. The second-order valence-electron chi connectivity index (χ2n) is 5.38. The van der Waals surface area contributed by atoms with Crippen molar-refractivity contribution in [1.82, 2.24) is 15.3 Å². The molecule has 0 fully saturated rings. The average Bonchev–Trinajstić information content (AvgIpc) is 3.02. The van der Waals surface area contributed by atoms with E-state index >= 15 is 0 Å². The van der Waals surface area contributed by atoms with Crippen molar-refractivity contribution in [3.05, 3.63) is 31.7 Å². The quantitative estimate of drug-likeness (QED) is 0.911. The number of nitrogens with one attached hydrogen (secondary N) is 1. The average molecular weight is 307 g/mol. The van der Waals surface area contributed by atoms with Gasteiger partial charge in [0.05, 0.1) is 22.1 Å². The van der Waals surface area contributed by atoms with E-state index in [1.807, 2.05) is 11.3 Å². The Bertz CT molecular complexity index is 573. The first kappa shape index (κ1) is 14.2. The Labute approximate surface area is 128 Å². The number of fused-ring (bicyclic) bond motifs is 1. The SMILES string of the molecule is CCCNC1CCCc2nc(Cc3nc(C)cs3)sc21. The molecule has 2 aromatic heterocycles. The highest BCUT2D eigenvalue weighted by atomic mass is 32.1. The predicted octanol–water partition coefficient (Wildman–Crippen LogP) is 3.88. The molecule has 1 atom stereocenters. The molecule has 108 valence electrons. The van der Waals surface area contributed by atoms with E-state index in [0.717, 1.165) is 25.1 Å². The number of hydrogen-bond donors (Lipinski definition) is 1. The van der Waals surface area contributed by atoms with Crippen molar-refractivity contribution in [1.29, 1.82) is 0 Å². The number of aromatic nitrogens is 2. The van der Waals surface area contributed by atoms with Crippen molar-refractivity contribution in [3.8, 4) is 0 Å². The van der Waals surface area contributed by atoms with Crippen LogP contribution in [0, 0.1) is 6.92 Å². The Morgan fingerprint density at radius 1 is 1.35 bits per heavy atom. The molecule has 0 aromatic carbocycles. The van der Waals surface area contributed by atoms with Crippen LogP contribution in [0.15, 0.2) is 5.38 Å². The van der Waals surface area contributed by atoms with E-state index < -0.39 is 0 Å². The van der Waals surface area contributed by atoms with Gasteiger partial charge < -0.3 is 5.32 Å². The van der Waals surface area contributed by atoms with E-state index in [9.17, 15) is 0 Å². The Balaban J connectivity index is 1.76. The third-order valence-corrected chi connectivity index (χ3v) is 5.78. The zero-order chi connectivity index (χ0) is 13.9. The highest BCUT2D eigenvalue weighted by Gasteiger charge is 2.24. The van der Waals surface area contributed by atoms with Crippen LogP contribution in [0.5, 0.6) is 0 Å². The van der Waals surface area contributed by atoms with Gasteiger partial charge in [-0.2, -0.15) is 0 Å². The molecule has 5 heteroatoms. The molecule has 0 spiro atoms. The van der Waals surface area contributed by atoms with Gasteiger partial charge in [-0.1, -0.05) is 6.92 Å². The van der Waals surface area contributed by atoms with Gasteiger partial charge in [0.2, 0.25) is 0 Å². The van der Waals surface area contributed by atoms with Gasteiger partial charge >= 0.3 is 0 Å². The van der Waals surface area contributed by atoms with E-state index in [2.05, 4.69) is 29.5 Å². The molecule has 0 aliphatic heterocycles. The summed E-state index contributed by atoms with van der Waals surface area (Å²) in [6, 6.07) is 0.531. The molecule has 0 saturated heterocycles. The zero-order valence-electron chi connectivity index (χ0n) is 12.1. The van der Waals surface area contributed by atoms with Crippen molar-refractivity contribution in [2.75, 3.05) is 6.54 Å². The topological polar surface area (TPSA) is 37.8 Å². The molecule has 0 radical (unpaired) electrons. The Morgan fingerprint density at radius 2 is 2.25 bits per heavy atom. The molecule has 3 nitrogen and oxygen atoms in total. The molecule has 1 aliphatic carbocycles. The Morgan fingerprint density at radius 3 is 3.00 bits per heavy atom. The largest absolute Gasteiger partial charge is 0.309 e. The maximum Gasteiger partial charge on any atom is 0.0999 e. The molecule has 1 aliphatic rings. The summed E-state index contributed by atoms with van der Waals surface area (Å²) in [6.07, 6.45) is 5.75. The summed E-state index contributed by atoms with van der Waals surface area (Å²) in [5.74, 6) is 0. The number of nitrogens with zero attached hydrogens (tertiary/aromatic N) is 2. The number of thiazole rings is 2. The van der Waals surface area contributed by atoms with Crippen LogP contribution in [0.1, 0.15) is 58.5 Å². The molecule has 2 aromatic rings. The van der Waals surface area contributed by atoms with Crippen LogP contribution >= 0.6 is 22.7 Å². The van der Waals surface area contributed by atoms with Crippen LogP contribution in [0.25, 0.3) is 0 Å². The van der Waals surface area contributed by atoms with Crippen LogP contribution in [0.3, 0.4) is 0 Å². The van der Waals surface area contributed by atoms with Crippen LogP contribution in [-0.4, -0.2) is 16.5 Å². The van der Waals surface area contributed by atoms with E-state index in [4.69, 9.17) is 4.98 Å². The van der Waals surface area contributed by atoms with E-state index in [-0.39, 0.29) is 0 Å². The fraction of sp³-hybridized carbons (Fsp3) is 0.600. The molecule has 1 unspecified atom stereocenters. The van der Waals surface area contributed by atoms with Gasteiger partial charge in [0.25, 0.3) is 0 Å². The second kappa shape index (κ2) is 6.33. The van der Waals surface area contributed by atoms with Crippen molar-refractivity contribution in [3.63, 3.8) is 0 Å². The monoisotopic (exact) mass is 307 g/mol. The first-order chi connectivity index (χ1) is 9.76. The van der Waals surface area contributed by atoms with Gasteiger partial charge in [-0.25, -0.2) is 9.97 Å². The normalized spacial score (nSPS) is 18.2. The van der Waals surface area contributed by atoms with Crippen LogP contribution < -0.4 is 5.32 Å². The maximum atomic E-state index is 4.86. The lowest BCUT2D eigenvalue weighted by Crippen LogP contribution is -2.24. The molecular formula is C15H21N3S2. The fourth-order valence-corrected chi connectivity index (χ4v) is 4.77. The maximum absolute atomic E-state index is 4.86. The predicted molar refractivity (Wildman–Crippen MR) is 85.7 cm³/mol.